The molecule has 4 N–H and O–H groups in total. The molecule has 0 aromatic carbocycles. The minimum absolute atomic E-state index is 0.563. The lowest BCUT2D eigenvalue weighted by molar-refractivity contribution is 1.11. The Morgan fingerprint density at radius 3 is 2.36 bits per heavy atom. The van der Waals surface area contributed by atoms with E-state index in [1.165, 1.54) is 0 Å². The largest absolute Gasteiger partial charge is 0.397 e. The van der Waals surface area contributed by atoms with Gasteiger partial charge in [-0.15, -0.1) is 0 Å². The molecule has 0 aromatic heterocycles. The van der Waals surface area contributed by atoms with Crippen LogP contribution in [0, 0.1) is 0 Å². The number of hydrogen-bond donors (Lipinski definition) is 2. The highest BCUT2D eigenvalue weighted by Crippen LogP contribution is 2.10. The molecule has 0 aliphatic carbocycles. The van der Waals surface area contributed by atoms with Crippen LogP contribution in [0.3, 0.4) is 0 Å². The summed E-state index contributed by atoms with van der Waals surface area (Å²) in [7, 11) is 0. The van der Waals surface area contributed by atoms with Crippen LogP contribution in [0.1, 0.15) is 27.2 Å². The minimum atomic E-state index is 0.563. The second-order valence-corrected chi connectivity index (χ2v) is 4.19. The van der Waals surface area contributed by atoms with Crippen LogP contribution in [0.4, 0.5) is 0 Å². The zero-order chi connectivity index (χ0) is 11.1. The first kappa shape index (κ1) is 13.1. The highest BCUT2D eigenvalue weighted by Gasteiger charge is 1.98. The van der Waals surface area contributed by atoms with E-state index >= 15 is 0 Å². The Kier molecular flexibility index (Phi) is 6.12. The molecule has 0 unspecified atom stereocenters. The van der Waals surface area contributed by atoms with Crippen molar-refractivity contribution in [3.05, 3.63) is 23.5 Å². The fraction of sp³-hybridized carbons (Fsp3) is 0.500. The number of allylic oxidation sites excluding steroid dienone is 2. The lowest BCUT2D eigenvalue weighted by atomic mass is 10.2. The van der Waals surface area contributed by atoms with Crippen LogP contribution in [0.2, 0.25) is 0 Å². The molecule has 0 aromatic rings. The molecule has 0 aliphatic rings. The Bertz CT molecular complexity index is 267. The molecule has 0 aliphatic heterocycles. The Morgan fingerprint density at radius 1 is 1.36 bits per heavy atom. The topological polar surface area (TPSA) is 64.4 Å². The average Bonchev–Trinajstić information content (AvgIpc) is 2.13. The van der Waals surface area contributed by atoms with Crippen LogP contribution in [0.15, 0.2) is 28.5 Å². The van der Waals surface area contributed by atoms with E-state index in [0.717, 1.165) is 23.4 Å². The van der Waals surface area contributed by atoms with Crippen molar-refractivity contribution < 1.29 is 0 Å². The Labute approximate surface area is 90.3 Å². The SMILES string of the molecule is C=C(C)/C(N)=C(/C)N=C(N)SCCC. The monoisotopic (exact) mass is 213 g/mol. The number of thioether (sulfide) groups is 1. The molecule has 0 fully saturated rings. The Balaban J connectivity index is 4.48. The Hall–Kier alpha value is -0.900. The molecule has 0 bridgehead atoms. The summed E-state index contributed by atoms with van der Waals surface area (Å²) >= 11 is 1.54. The molecule has 0 saturated carbocycles. The minimum Gasteiger partial charge on any atom is -0.397 e. The van der Waals surface area contributed by atoms with Crippen LogP contribution >= 0.6 is 11.8 Å². The van der Waals surface area contributed by atoms with E-state index in [1.807, 2.05) is 13.8 Å². The summed E-state index contributed by atoms with van der Waals surface area (Å²) in [6.07, 6.45) is 1.08. The molecule has 3 nitrogen and oxygen atoms in total. The summed E-state index contributed by atoms with van der Waals surface area (Å²) in [5, 5.41) is 0.563. The summed E-state index contributed by atoms with van der Waals surface area (Å²) in [6, 6.07) is 0. The third-order valence-corrected chi connectivity index (χ3v) is 2.58. The first-order valence-corrected chi connectivity index (χ1v) is 5.56. The van der Waals surface area contributed by atoms with Gasteiger partial charge in [-0.05, 0) is 25.8 Å². The summed E-state index contributed by atoms with van der Waals surface area (Å²) in [6.45, 7) is 9.54. The second kappa shape index (κ2) is 6.54. The normalized spacial score (nSPS) is 13.8. The number of amidine groups is 1. The summed E-state index contributed by atoms with van der Waals surface area (Å²) < 4.78 is 0. The molecule has 0 amide bonds. The molecule has 14 heavy (non-hydrogen) atoms. The van der Waals surface area contributed by atoms with Crippen molar-refractivity contribution in [2.45, 2.75) is 27.2 Å². The summed E-state index contributed by atoms with van der Waals surface area (Å²) in [4.78, 5) is 4.19. The van der Waals surface area contributed by atoms with E-state index in [-0.39, 0.29) is 0 Å². The zero-order valence-corrected chi connectivity index (χ0v) is 9.95. The maximum absolute atomic E-state index is 5.75. The fourth-order valence-electron chi connectivity index (χ4n) is 0.773. The van der Waals surface area contributed by atoms with Gasteiger partial charge in [0.05, 0.1) is 11.4 Å². The van der Waals surface area contributed by atoms with Crippen molar-refractivity contribution in [3.63, 3.8) is 0 Å². The zero-order valence-electron chi connectivity index (χ0n) is 9.13. The summed E-state index contributed by atoms with van der Waals surface area (Å²) in [5.41, 5.74) is 13.6. The molecule has 4 heteroatoms. The van der Waals surface area contributed by atoms with Gasteiger partial charge in [0.1, 0.15) is 0 Å². The van der Waals surface area contributed by atoms with Gasteiger partial charge in [-0.3, -0.25) is 0 Å². The Morgan fingerprint density at radius 2 is 1.93 bits per heavy atom. The van der Waals surface area contributed by atoms with Gasteiger partial charge in [-0.1, -0.05) is 25.3 Å². The lowest BCUT2D eigenvalue weighted by Gasteiger charge is -2.03. The van der Waals surface area contributed by atoms with Crippen molar-refractivity contribution in [2.24, 2.45) is 16.5 Å². The van der Waals surface area contributed by atoms with Crippen LogP contribution in [-0.2, 0) is 0 Å². The maximum Gasteiger partial charge on any atom is 0.158 e. The highest BCUT2D eigenvalue weighted by molar-refractivity contribution is 8.13. The molecule has 80 valence electrons. The predicted octanol–water partition coefficient (Wildman–Crippen LogP) is 2.21. The van der Waals surface area contributed by atoms with Gasteiger partial charge in [0.15, 0.2) is 5.17 Å². The smallest absolute Gasteiger partial charge is 0.158 e. The average molecular weight is 213 g/mol. The van der Waals surface area contributed by atoms with Crippen LogP contribution in [-0.4, -0.2) is 10.9 Å². The van der Waals surface area contributed by atoms with Crippen molar-refractivity contribution >= 4 is 16.9 Å². The van der Waals surface area contributed by atoms with Crippen LogP contribution in [0.25, 0.3) is 0 Å². The molecule has 0 heterocycles. The molecule has 0 spiro atoms. The maximum atomic E-state index is 5.75. The van der Waals surface area contributed by atoms with Crippen molar-refractivity contribution in [1.29, 1.82) is 0 Å². The van der Waals surface area contributed by atoms with Gasteiger partial charge in [0, 0.05) is 5.75 Å². The standard InChI is InChI=1S/C10H19N3S/c1-5-6-14-10(12)13-8(4)9(11)7(2)3/h2,5-6,11H2,1,3-4H3,(H2,12,13)/b9-8+. The molecular weight excluding hydrogens is 194 g/mol. The molecule has 0 atom stereocenters. The van der Waals surface area contributed by atoms with E-state index in [2.05, 4.69) is 18.5 Å². The molecule has 0 saturated heterocycles. The van der Waals surface area contributed by atoms with E-state index < -0.39 is 0 Å². The molecule has 0 rings (SSSR count). The van der Waals surface area contributed by atoms with Gasteiger partial charge < -0.3 is 11.5 Å². The van der Waals surface area contributed by atoms with E-state index in [0.29, 0.717) is 10.9 Å². The van der Waals surface area contributed by atoms with Crippen LogP contribution in [0.5, 0.6) is 0 Å². The number of rotatable bonds is 4. The summed E-state index contributed by atoms with van der Waals surface area (Å²) in [5.74, 6) is 0.982. The number of nitrogens with zero attached hydrogens (tertiary/aromatic N) is 1. The first-order valence-electron chi connectivity index (χ1n) is 4.58. The van der Waals surface area contributed by atoms with Crippen molar-refractivity contribution in [3.8, 4) is 0 Å². The number of hydrogen-bond acceptors (Lipinski definition) is 3. The van der Waals surface area contributed by atoms with E-state index in [9.17, 15) is 0 Å². The third-order valence-electron chi connectivity index (χ3n) is 1.58. The second-order valence-electron chi connectivity index (χ2n) is 3.08. The highest BCUT2D eigenvalue weighted by atomic mass is 32.2. The molecule has 0 radical (unpaired) electrons. The quantitative estimate of drug-likeness (QED) is 0.427. The van der Waals surface area contributed by atoms with E-state index in [1.54, 1.807) is 11.8 Å². The van der Waals surface area contributed by atoms with Gasteiger partial charge >= 0.3 is 0 Å². The fourth-order valence-corrected chi connectivity index (χ4v) is 1.39. The van der Waals surface area contributed by atoms with E-state index in [4.69, 9.17) is 11.5 Å². The van der Waals surface area contributed by atoms with Gasteiger partial charge in [-0.25, -0.2) is 4.99 Å². The van der Waals surface area contributed by atoms with Crippen LogP contribution < -0.4 is 11.5 Å². The van der Waals surface area contributed by atoms with Crippen molar-refractivity contribution in [2.75, 3.05) is 5.75 Å². The molecular formula is C10H19N3S. The number of nitrogens with two attached hydrogens (primary N) is 2. The predicted molar refractivity (Wildman–Crippen MR) is 66.1 cm³/mol. The van der Waals surface area contributed by atoms with Crippen molar-refractivity contribution in [1.82, 2.24) is 0 Å². The van der Waals surface area contributed by atoms with Gasteiger partial charge in [-0.2, -0.15) is 0 Å². The lowest BCUT2D eigenvalue weighted by Crippen LogP contribution is -2.09. The first-order chi connectivity index (χ1) is 6.49. The third kappa shape index (κ3) is 4.97. The van der Waals surface area contributed by atoms with Gasteiger partial charge in [0.25, 0.3) is 0 Å². The number of aliphatic imine (C=N–C) groups is 1. The van der Waals surface area contributed by atoms with Gasteiger partial charge in [0.2, 0.25) is 0 Å².